The van der Waals surface area contributed by atoms with Crippen LogP contribution in [0.1, 0.15) is 15.3 Å². The molecule has 0 bridgehead atoms. The van der Waals surface area contributed by atoms with Crippen LogP contribution >= 0.6 is 11.3 Å². The Balaban J connectivity index is 2.08. The lowest BCUT2D eigenvalue weighted by Crippen LogP contribution is -1.82. The Morgan fingerprint density at radius 1 is 1.00 bits per heavy atom. The van der Waals surface area contributed by atoms with Crippen LogP contribution in [-0.2, 0) is 17.6 Å². The maximum Gasteiger partial charge on any atom is 0.125 e. The summed E-state index contributed by atoms with van der Waals surface area (Å²) >= 11 is 1.72. The van der Waals surface area contributed by atoms with Crippen LogP contribution in [-0.4, -0.2) is 6.29 Å². The SMILES string of the molecule is O=CCc1ccc(Cc2ccccc2)s1. The Kier molecular flexibility index (Phi) is 3.30. The fourth-order valence-electron chi connectivity index (χ4n) is 1.51. The molecule has 0 amide bonds. The molecular weight excluding hydrogens is 204 g/mol. The standard InChI is InChI=1S/C13H12OS/c14-9-8-12-6-7-13(15-12)10-11-4-2-1-3-5-11/h1-7,9H,8,10H2. The summed E-state index contributed by atoms with van der Waals surface area (Å²) in [5.41, 5.74) is 1.32. The quantitative estimate of drug-likeness (QED) is 0.718. The third kappa shape index (κ3) is 2.77. The third-order valence-corrected chi connectivity index (χ3v) is 3.33. The fourth-order valence-corrected chi connectivity index (χ4v) is 2.51. The predicted molar refractivity (Wildman–Crippen MR) is 63.3 cm³/mol. The van der Waals surface area contributed by atoms with Crippen molar-refractivity contribution in [3.05, 3.63) is 57.8 Å². The highest BCUT2D eigenvalue weighted by Crippen LogP contribution is 2.19. The lowest BCUT2D eigenvalue weighted by molar-refractivity contribution is -0.107. The fraction of sp³-hybridized carbons (Fsp3) is 0.154. The number of benzene rings is 1. The second-order valence-corrected chi connectivity index (χ2v) is 4.65. The molecule has 0 N–H and O–H groups in total. The van der Waals surface area contributed by atoms with Crippen molar-refractivity contribution in [3.63, 3.8) is 0 Å². The molecule has 1 aromatic carbocycles. The van der Waals surface area contributed by atoms with Gasteiger partial charge in [-0.2, -0.15) is 0 Å². The van der Waals surface area contributed by atoms with Gasteiger partial charge in [0.15, 0.2) is 0 Å². The first-order chi connectivity index (χ1) is 7.38. The highest BCUT2D eigenvalue weighted by molar-refractivity contribution is 7.12. The monoisotopic (exact) mass is 216 g/mol. The van der Waals surface area contributed by atoms with Crippen molar-refractivity contribution in [2.75, 3.05) is 0 Å². The largest absolute Gasteiger partial charge is 0.303 e. The van der Waals surface area contributed by atoms with E-state index in [4.69, 9.17) is 0 Å². The zero-order valence-electron chi connectivity index (χ0n) is 8.35. The number of carbonyl (C=O) groups is 1. The number of thiophene rings is 1. The summed E-state index contributed by atoms with van der Waals surface area (Å²) in [4.78, 5) is 12.8. The normalized spacial score (nSPS) is 10.1. The number of carbonyl (C=O) groups excluding carboxylic acids is 1. The van der Waals surface area contributed by atoms with Gasteiger partial charge in [0.25, 0.3) is 0 Å². The van der Waals surface area contributed by atoms with Crippen LogP contribution < -0.4 is 0 Å². The van der Waals surface area contributed by atoms with Crippen molar-refractivity contribution in [1.82, 2.24) is 0 Å². The van der Waals surface area contributed by atoms with Crippen LogP contribution in [0.4, 0.5) is 0 Å². The minimum atomic E-state index is 0.541. The van der Waals surface area contributed by atoms with Gasteiger partial charge in [-0.1, -0.05) is 30.3 Å². The molecule has 76 valence electrons. The van der Waals surface area contributed by atoms with Crippen LogP contribution in [0, 0.1) is 0 Å². The molecule has 15 heavy (non-hydrogen) atoms. The summed E-state index contributed by atoms with van der Waals surface area (Å²) in [6.07, 6.45) is 2.46. The van der Waals surface area contributed by atoms with Crippen molar-refractivity contribution in [1.29, 1.82) is 0 Å². The van der Waals surface area contributed by atoms with Gasteiger partial charge < -0.3 is 4.79 Å². The molecule has 0 aliphatic heterocycles. The Labute approximate surface area is 93.4 Å². The van der Waals surface area contributed by atoms with Crippen molar-refractivity contribution < 1.29 is 4.79 Å². The Morgan fingerprint density at radius 2 is 1.73 bits per heavy atom. The van der Waals surface area contributed by atoms with E-state index < -0.39 is 0 Å². The zero-order chi connectivity index (χ0) is 10.5. The number of rotatable bonds is 4. The van der Waals surface area contributed by atoms with Gasteiger partial charge in [0.05, 0.1) is 0 Å². The molecule has 0 atom stereocenters. The maximum atomic E-state index is 10.3. The molecule has 0 radical (unpaired) electrons. The Hall–Kier alpha value is -1.41. The van der Waals surface area contributed by atoms with Gasteiger partial charge in [0, 0.05) is 22.6 Å². The van der Waals surface area contributed by atoms with Crippen molar-refractivity contribution in [3.8, 4) is 0 Å². The first-order valence-electron chi connectivity index (χ1n) is 4.93. The first-order valence-corrected chi connectivity index (χ1v) is 5.75. The number of aldehydes is 1. The molecule has 0 fully saturated rings. The summed E-state index contributed by atoms with van der Waals surface area (Å²) in [6.45, 7) is 0. The second-order valence-electron chi connectivity index (χ2n) is 3.40. The molecule has 0 aliphatic rings. The van der Waals surface area contributed by atoms with Crippen molar-refractivity contribution in [2.24, 2.45) is 0 Å². The summed E-state index contributed by atoms with van der Waals surface area (Å²) in [7, 11) is 0. The van der Waals surface area contributed by atoms with Gasteiger partial charge in [-0.25, -0.2) is 0 Å². The van der Waals surface area contributed by atoms with Crippen LogP contribution in [0.15, 0.2) is 42.5 Å². The average molecular weight is 216 g/mol. The van der Waals surface area contributed by atoms with E-state index in [0.29, 0.717) is 6.42 Å². The van der Waals surface area contributed by atoms with E-state index in [-0.39, 0.29) is 0 Å². The molecule has 0 spiro atoms. The minimum Gasteiger partial charge on any atom is -0.303 e. The highest BCUT2D eigenvalue weighted by Gasteiger charge is 2.00. The predicted octanol–water partition coefficient (Wildman–Crippen LogP) is 3.08. The van der Waals surface area contributed by atoms with Gasteiger partial charge in [0.2, 0.25) is 0 Å². The lowest BCUT2D eigenvalue weighted by atomic mass is 10.1. The van der Waals surface area contributed by atoms with Crippen LogP contribution in [0.25, 0.3) is 0 Å². The molecule has 2 heteroatoms. The third-order valence-electron chi connectivity index (χ3n) is 2.22. The number of hydrogen-bond acceptors (Lipinski definition) is 2. The summed E-state index contributed by atoms with van der Waals surface area (Å²) in [5, 5.41) is 0. The van der Waals surface area contributed by atoms with Gasteiger partial charge in [-0.15, -0.1) is 11.3 Å². The molecule has 0 saturated carbocycles. The van der Waals surface area contributed by atoms with Gasteiger partial charge in [0.1, 0.15) is 6.29 Å². The van der Waals surface area contributed by atoms with Crippen LogP contribution in [0.5, 0.6) is 0 Å². The second kappa shape index (κ2) is 4.89. The van der Waals surface area contributed by atoms with E-state index >= 15 is 0 Å². The summed E-state index contributed by atoms with van der Waals surface area (Å²) in [6, 6.07) is 14.5. The molecule has 1 nitrogen and oxygen atoms in total. The molecule has 1 aromatic heterocycles. The smallest absolute Gasteiger partial charge is 0.125 e. The molecule has 2 aromatic rings. The van der Waals surface area contributed by atoms with Gasteiger partial charge in [-0.05, 0) is 17.7 Å². The topological polar surface area (TPSA) is 17.1 Å². The maximum absolute atomic E-state index is 10.3. The number of hydrogen-bond donors (Lipinski definition) is 0. The molecular formula is C13H12OS. The van der Waals surface area contributed by atoms with Crippen molar-refractivity contribution in [2.45, 2.75) is 12.8 Å². The Bertz CT molecular complexity index is 431. The van der Waals surface area contributed by atoms with Crippen molar-refractivity contribution >= 4 is 17.6 Å². The Morgan fingerprint density at radius 3 is 2.47 bits per heavy atom. The van der Waals surface area contributed by atoms with E-state index in [9.17, 15) is 4.79 Å². The van der Waals surface area contributed by atoms with Crippen LogP contribution in [0.3, 0.4) is 0 Å². The minimum absolute atomic E-state index is 0.541. The first kappa shape index (κ1) is 10.1. The summed E-state index contributed by atoms with van der Waals surface area (Å²) < 4.78 is 0. The van der Waals surface area contributed by atoms with E-state index in [0.717, 1.165) is 17.6 Å². The molecule has 0 unspecified atom stereocenters. The highest BCUT2D eigenvalue weighted by atomic mass is 32.1. The zero-order valence-corrected chi connectivity index (χ0v) is 9.17. The molecule has 0 aliphatic carbocycles. The molecule has 1 heterocycles. The van der Waals surface area contributed by atoms with E-state index in [1.807, 2.05) is 12.1 Å². The average Bonchev–Trinajstić information content (AvgIpc) is 2.68. The summed E-state index contributed by atoms with van der Waals surface area (Å²) in [5.74, 6) is 0. The van der Waals surface area contributed by atoms with E-state index in [2.05, 4.69) is 30.3 Å². The molecule has 0 saturated heterocycles. The van der Waals surface area contributed by atoms with Gasteiger partial charge in [-0.3, -0.25) is 0 Å². The molecule has 2 rings (SSSR count). The lowest BCUT2D eigenvalue weighted by Gasteiger charge is -1.96. The van der Waals surface area contributed by atoms with E-state index in [1.165, 1.54) is 10.4 Å². The van der Waals surface area contributed by atoms with Gasteiger partial charge >= 0.3 is 0 Å². The van der Waals surface area contributed by atoms with E-state index in [1.54, 1.807) is 11.3 Å². The van der Waals surface area contributed by atoms with Crippen LogP contribution in [0.2, 0.25) is 0 Å².